The fourth-order valence-electron chi connectivity index (χ4n) is 10.2. The van der Waals surface area contributed by atoms with Crippen LogP contribution in [0.3, 0.4) is 0 Å². The van der Waals surface area contributed by atoms with Gasteiger partial charge in [0, 0.05) is 0 Å². The summed E-state index contributed by atoms with van der Waals surface area (Å²) in [5, 5.41) is 32.8. The van der Waals surface area contributed by atoms with E-state index in [1.165, 1.54) is 62.5 Å². The molecule has 0 heterocycles. The summed E-state index contributed by atoms with van der Waals surface area (Å²) in [6.07, 6.45) is 0.335. The predicted octanol–water partition coefficient (Wildman–Crippen LogP) is 5.39. The van der Waals surface area contributed by atoms with Gasteiger partial charge in [0.05, 0.1) is 7.11 Å². The second-order valence-electron chi connectivity index (χ2n) is 32.5. The lowest BCUT2D eigenvalue weighted by molar-refractivity contribution is -0.149. The molecule has 0 bridgehead atoms. The Morgan fingerprint density at radius 1 is 0.258 bits per heavy atom. The van der Waals surface area contributed by atoms with E-state index in [0.717, 1.165) is 0 Å². The number of alkyl carbamates (subject to hydrolysis) is 1. The Morgan fingerprint density at radius 2 is 0.433 bits per heavy atom. The van der Waals surface area contributed by atoms with Gasteiger partial charge >= 0.3 is 12.1 Å². The van der Waals surface area contributed by atoms with E-state index in [4.69, 9.17) is 9.47 Å². The van der Waals surface area contributed by atoms with Crippen molar-refractivity contribution in [2.24, 2.45) is 47.3 Å². The maximum Gasteiger partial charge on any atom is 0.408 e. The molecule has 0 saturated carbocycles. The number of rotatable bonds is 40. The summed E-state index contributed by atoms with van der Waals surface area (Å²) < 4.78 is 10.2. The van der Waals surface area contributed by atoms with Crippen LogP contribution in [0.15, 0.2) is 0 Å². The van der Waals surface area contributed by atoms with E-state index in [9.17, 15) is 62.3 Å². The zero-order valence-corrected chi connectivity index (χ0v) is 64.0. The zero-order valence-electron chi connectivity index (χ0n) is 64.0. The lowest BCUT2D eigenvalue weighted by atomic mass is 9.96. The summed E-state index contributed by atoms with van der Waals surface area (Å²) >= 11 is 0. The molecule has 0 aromatic heterocycles. The van der Waals surface area contributed by atoms with Crippen molar-refractivity contribution in [1.29, 1.82) is 0 Å². The average Bonchev–Trinajstić information content (AvgIpc) is 0.860. The van der Waals surface area contributed by atoms with E-state index in [1.807, 2.05) is 111 Å². The van der Waals surface area contributed by atoms with Gasteiger partial charge in [-0.1, -0.05) is 111 Å². The molecule has 0 aliphatic heterocycles. The highest BCUT2D eigenvalue weighted by Gasteiger charge is 2.42. The number of methoxy groups -OCH3 is 1. The molecule has 0 fully saturated rings. The predicted molar refractivity (Wildman–Crippen MR) is 373 cm³/mol. The smallest absolute Gasteiger partial charge is 0.408 e. The van der Waals surface area contributed by atoms with Gasteiger partial charge in [0.2, 0.25) is 65.0 Å². The van der Waals surface area contributed by atoms with Crippen molar-refractivity contribution >= 4 is 77.0 Å². The summed E-state index contributed by atoms with van der Waals surface area (Å²) in [7, 11) is 1.19. The quantitative estimate of drug-likeness (QED) is 0.0342. The van der Waals surface area contributed by atoms with Crippen molar-refractivity contribution < 1.29 is 71.8 Å². The summed E-state index contributed by atoms with van der Waals surface area (Å²) in [5.41, 5.74) is -7.32. The SMILES string of the molecule is COC(=O)C(C)(C)NC(=O)[C@@H](CC(C)C)NC(=O)[C@@H](CC(C)C)NC(=O)C(C)(C)NC(=O)[C@H](CC(C)C)NC(=O)[C@H](CC(C)C)NC(=O)C(C)(C)NC(=O)[C@@H](CC(C)C)NC(=O)[C@@H](CC(C)C)NC(=O)C(C)(C)NC(=O)[C@H](CC(C)C)NC(=O)[C@H](CC(C)C)NC(=O)OC(C)(C)C. The van der Waals surface area contributed by atoms with E-state index >= 15 is 0 Å². The number of carbonyl (C=O) groups is 13. The van der Waals surface area contributed by atoms with Crippen molar-refractivity contribution in [1.82, 2.24) is 63.8 Å². The van der Waals surface area contributed by atoms with Gasteiger partial charge in [-0.25, -0.2) is 9.59 Å². The van der Waals surface area contributed by atoms with Crippen molar-refractivity contribution in [3.8, 4) is 0 Å². The van der Waals surface area contributed by atoms with Crippen LogP contribution in [-0.2, 0) is 67.0 Å². The normalized spacial score (nSPS) is 14.8. The van der Waals surface area contributed by atoms with Gasteiger partial charge in [-0.3, -0.25) is 52.7 Å². The van der Waals surface area contributed by atoms with E-state index in [2.05, 4.69) is 63.8 Å². The van der Waals surface area contributed by atoms with Crippen LogP contribution in [0, 0.1) is 47.3 Å². The van der Waals surface area contributed by atoms with Gasteiger partial charge in [0.25, 0.3) is 0 Å². The summed E-state index contributed by atoms with van der Waals surface area (Å²) in [4.78, 5) is 181. The van der Waals surface area contributed by atoms with Crippen LogP contribution in [0.1, 0.15) is 238 Å². The molecule has 0 aromatic rings. The fourth-order valence-corrected chi connectivity index (χ4v) is 10.2. The highest BCUT2D eigenvalue weighted by atomic mass is 16.6. The first-order chi connectivity index (χ1) is 44.1. The molecule has 0 aliphatic rings. The first-order valence-electron chi connectivity index (χ1n) is 34.6. The van der Waals surface area contributed by atoms with Crippen LogP contribution in [0.25, 0.3) is 0 Å². The number of hydrogen-bond acceptors (Lipinski definition) is 15. The minimum atomic E-state index is -1.73. The lowest BCUT2D eigenvalue weighted by Gasteiger charge is -2.33. The van der Waals surface area contributed by atoms with Gasteiger partial charge in [0.15, 0.2) is 0 Å². The van der Waals surface area contributed by atoms with Crippen molar-refractivity contribution in [2.45, 2.75) is 314 Å². The van der Waals surface area contributed by atoms with Gasteiger partial charge in [0.1, 0.15) is 76.1 Å². The Balaban J connectivity index is 6.70. The molecule has 0 unspecified atom stereocenters. The molecule has 0 rings (SSSR count). The molecule has 97 heavy (non-hydrogen) atoms. The van der Waals surface area contributed by atoms with Crippen LogP contribution in [0.4, 0.5) is 4.79 Å². The minimum Gasteiger partial charge on any atom is -0.467 e. The van der Waals surface area contributed by atoms with Crippen LogP contribution in [0.5, 0.6) is 0 Å². The van der Waals surface area contributed by atoms with Crippen LogP contribution >= 0.6 is 0 Å². The monoisotopic (exact) mass is 1380 g/mol. The topological polar surface area (TPSA) is 385 Å². The number of ether oxygens (including phenoxy) is 2. The van der Waals surface area contributed by atoms with Crippen LogP contribution < -0.4 is 63.8 Å². The summed E-state index contributed by atoms with van der Waals surface area (Å²) in [6, 6.07) is -9.40. The highest BCUT2D eigenvalue weighted by Crippen LogP contribution is 2.19. The molecule has 8 atom stereocenters. The fraction of sp³-hybridized carbons (Fsp3) is 0.814. The maximum atomic E-state index is 14.4. The Bertz CT molecular complexity index is 2680. The van der Waals surface area contributed by atoms with E-state index in [-0.39, 0.29) is 98.7 Å². The number of nitrogens with one attached hydrogen (secondary N) is 12. The number of esters is 1. The summed E-state index contributed by atoms with van der Waals surface area (Å²) in [6.45, 7) is 46.1. The van der Waals surface area contributed by atoms with Crippen molar-refractivity contribution in [2.75, 3.05) is 7.11 Å². The van der Waals surface area contributed by atoms with Crippen LogP contribution in [-0.4, -0.2) is 160 Å². The Hall–Kier alpha value is -7.09. The molecule has 0 saturated heterocycles. The Morgan fingerprint density at radius 3 is 0.608 bits per heavy atom. The Labute approximate surface area is 579 Å². The third-order valence-corrected chi connectivity index (χ3v) is 15.2. The first-order valence-corrected chi connectivity index (χ1v) is 34.6. The minimum absolute atomic E-state index is 0.0313. The number of carbonyl (C=O) groups excluding carboxylic acids is 13. The average molecular weight is 1380 g/mol. The molecule has 558 valence electrons. The Kier molecular flexibility index (Phi) is 36.6. The molecule has 12 N–H and O–H groups in total. The lowest BCUT2D eigenvalue weighted by Crippen LogP contribution is -2.65. The van der Waals surface area contributed by atoms with E-state index < -0.39 is 153 Å². The molecule has 0 radical (unpaired) electrons. The van der Waals surface area contributed by atoms with Gasteiger partial charge in [-0.05, 0) is 175 Å². The van der Waals surface area contributed by atoms with E-state index in [1.54, 1.807) is 20.8 Å². The standard InChI is InChI=1S/C70H128N12O15/c1-37(2)29-45(53(83)71-50(34-42(11)12)58(88)80-68(22,23)62(92)77-47(31-39(5)6)55(85)73-52(36-44(15)16)60(90)82-70(26,27)64(94)96-28)75-61(91)67(20,21)79-57(87)49(33-41(9)10)72-54(84)46(30-38(3)4)76-63(93)69(24,25)81-59(89)51(35-43(13)14)74-56(86)48(32-40(7)8)78-65(95)97-66(17,18)19/h37-52H,29-36H2,1-28H3,(H,71,83)(H,72,84)(H,73,85)(H,74,86)(H,75,91)(H,76,93)(H,77,92)(H,78,95)(H,79,87)(H,80,88)(H,81,89)(H,82,90)/t45-,46+,47+,48-,49+,50-,51-,52+/m0/s1. The summed E-state index contributed by atoms with van der Waals surface area (Å²) in [5.74, 6) is -9.56. The van der Waals surface area contributed by atoms with Gasteiger partial charge in [-0.15, -0.1) is 0 Å². The molecular weight excluding hydrogens is 1250 g/mol. The molecular formula is C70H128N12O15. The number of hydrogen-bond donors (Lipinski definition) is 12. The van der Waals surface area contributed by atoms with Crippen molar-refractivity contribution in [3.05, 3.63) is 0 Å². The van der Waals surface area contributed by atoms with Gasteiger partial charge < -0.3 is 73.3 Å². The number of amides is 12. The first kappa shape index (κ1) is 89.9. The largest absolute Gasteiger partial charge is 0.467 e. The van der Waals surface area contributed by atoms with E-state index in [0.29, 0.717) is 0 Å². The second kappa shape index (κ2) is 39.5. The molecule has 12 amide bonds. The van der Waals surface area contributed by atoms with Crippen LogP contribution in [0.2, 0.25) is 0 Å². The molecule has 0 spiro atoms. The zero-order chi connectivity index (χ0) is 75.8. The molecule has 0 aromatic carbocycles. The molecule has 0 aliphatic carbocycles. The maximum absolute atomic E-state index is 14.4. The third-order valence-electron chi connectivity index (χ3n) is 15.2. The van der Waals surface area contributed by atoms with Crippen molar-refractivity contribution in [3.63, 3.8) is 0 Å². The third kappa shape index (κ3) is 34.3. The highest BCUT2D eigenvalue weighted by molar-refractivity contribution is 6.01. The second-order valence-corrected chi connectivity index (χ2v) is 32.5. The molecule has 27 heteroatoms. The molecule has 27 nitrogen and oxygen atoms in total. The van der Waals surface area contributed by atoms with Gasteiger partial charge in [-0.2, -0.15) is 0 Å².